The molecule has 0 aliphatic carbocycles. The van der Waals surface area contributed by atoms with Crippen molar-refractivity contribution in [3.05, 3.63) is 95.3 Å². The highest BCUT2D eigenvalue weighted by Gasteiger charge is 2.46. The number of rotatable bonds is 9. The van der Waals surface area contributed by atoms with Gasteiger partial charge in [0.2, 0.25) is 0 Å². The van der Waals surface area contributed by atoms with Crippen molar-refractivity contribution in [3.63, 3.8) is 0 Å². The summed E-state index contributed by atoms with van der Waals surface area (Å²) in [5.41, 5.74) is 3.12. The maximum absolute atomic E-state index is 13.3. The molecule has 0 bridgehead atoms. The van der Waals surface area contributed by atoms with Gasteiger partial charge < -0.3 is 19.6 Å². The van der Waals surface area contributed by atoms with Crippen LogP contribution in [0.4, 0.5) is 5.69 Å². The number of ether oxygens (including phenoxy) is 1. The van der Waals surface area contributed by atoms with Crippen LogP contribution in [-0.2, 0) is 16.1 Å². The lowest BCUT2D eigenvalue weighted by molar-refractivity contribution is -0.140. The first-order valence-electron chi connectivity index (χ1n) is 12.6. The van der Waals surface area contributed by atoms with E-state index in [0.717, 1.165) is 29.9 Å². The Balaban J connectivity index is 1.79. The summed E-state index contributed by atoms with van der Waals surface area (Å²) < 4.78 is 5.70. The highest BCUT2D eigenvalue weighted by molar-refractivity contribution is 6.46. The van der Waals surface area contributed by atoms with Gasteiger partial charge in [-0.2, -0.15) is 0 Å². The Morgan fingerprint density at radius 1 is 1.03 bits per heavy atom. The van der Waals surface area contributed by atoms with Crippen LogP contribution in [0.2, 0.25) is 0 Å². The Bertz CT molecular complexity index is 1260. The van der Waals surface area contributed by atoms with Crippen LogP contribution in [0.25, 0.3) is 5.76 Å². The molecule has 1 saturated heterocycles. The molecular formula is C30H33N3O4. The van der Waals surface area contributed by atoms with Crippen molar-refractivity contribution in [2.24, 2.45) is 0 Å². The summed E-state index contributed by atoms with van der Waals surface area (Å²) in [4.78, 5) is 34.5. The van der Waals surface area contributed by atoms with Gasteiger partial charge in [-0.1, -0.05) is 18.2 Å². The number of benzene rings is 2. The Morgan fingerprint density at radius 2 is 1.70 bits per heavy atom. The number of Topliss-reactive ketones (excluding diaryl/α,β-unsaturated/α-hetero) is 1. The van der Waals surface area contributed by atoms with E-state index in [4.69, 9.17) is 4.74 Å². The van der Waals surface area contributed by atoms with Crippen molar-refractivity contribution in [1.82, 2.24) is 9.88 Å². The summed E-state index contributed by atoms with van der Waals surface area (Å²) in [6, 6.07) is 17.6. The molecule has 1 aliphatic rings. The molecule has 0 saturated carbocycles. The average molecular weight is 500 g/mol. The van der Waals surface area contributed by atoms with Crippen LogP contribution in [0, 0.1) is 0 Å². The fourth-order valence-electron chi connectivity index (χ4n) is 4.65. The normalized spacial score (nSPS) is 16.9. The van der Waals surface area contributed by atoms with E-state index < -0.39 is 17.7 Å². The molecule has 1 aliphatic heterocycles. The number of aromatic nitrogens is 1. The number of carbonyl (C=O) groups is 2. The second-order valence-corrected chi connectivity index (χ2v) is 9.24. The molecule has 1 fully saturated rings. The zero-order valence-corrected chi connectivity index (χ0v) is 21.7. The highest BCUT2D eigenvalue weighted by atomic mass is 16.5. The number of carbonyl (C=O) groups excluding carboxylic acids is 2. The Labute approximate surface area is 218 Å². The van der Waals surface area contributed by atoms with Gasteiger partial charge in [0.25, 0.3) is 11.7 Å². The fourth-order valence-corrected chi connectivity index (χ4v) is 4.65. The van der Waals surface area contributed by atoms with Gasteiger partial charge in [0.15, 0.2) is 0 Å². The van der Waals surface area contributed by atoms with Crippen LogP contribution in [0.3, 0.4) is 0 Å². The van der Waals surface area contributed by atoms with E-state index in [1.807, 2.05) is 44.2 Å². The molecule has 1 unspecified atom stereocenters. The molecule has 4 rings (SSSR count). The third-order valence-electron chi connectivity index (χ3n) is 6.45. The number of pyridine rings is 1. The summed E-state index contributed by atoms with van der Waals surface area (Å²) >= 11 is 0. The van der Waals surface area contributed by atoms with Gasteiger partial charge in [-0.15, -0.1) is 0 Å². The van der Waals surface area contributed by atoms with Gasteiger partial charge in [-0.25, -0.2) is 0 Å². The van der Waals surface area contributed by atoms with Gasteiger partial charge in [-0.3, -0.25) is 14.6 Å². The van der Waals surface area contributed by atoms with Crippen molar-refractivity contribution in [1.29, 1.82) is 0 Å². The summed E-state index contributed by atoms with van der Waals surface area (Å²) in [6.07, 6.45) is 3.35. The van der Waals surface area contributed by atoms with Crippen LogP contribution in [0.1, 0.15) is 50.4 Å². The van der Waals surface area contributed by atoms with Crippen LogP contribution in [0.5, 0.6) is 5.75 Å². The smallest absolute Gasteiger partial charge is 0.295 e. The second kappa shape index (κ2) is 11.3. The van der Waals surface area contributed by atoms with Gasteiger partial charge in [-0.05, 0) is 81.3 Å². The molecule has 1 atom stereocenters. The first-order chi connectivity index (χ1) is 17.8. The summed E-state index contributed by atoms with van der Waals surface area (Å²) in [5, 5.41) is 11.3. The van der Waals surface area contributed by atoms with Gasteiger partial charge in [0.05, 0.1) is 17.7 Å². The largest absolute Gasteiger partial charge is 0.507 e. The molecule has 2 heterocycles. The molecule has 2 aromatic carbocycles. The first-order valence-corrected chi connectivity index (χ1v) is 12.6. The topological polar surface area (TPSA) is 83.0 Å². The highest BCUT2D eigenvalue weighted by Crippen LogP contribution is 2.40. The lowest BCUT2D eigenvalue weighted by Gasteiger charge is -2.26. The zero-order chi connectivity index (χ0) is 26.5. The monoisotopic (exact) mass is 499 g/mol. The number of aliphatic hydroxyl groups excluding tert-OH is 1. The second-order valence-electron chi connectivity index (χ2n) is 9.24. The minimum atomic E-state index is -0.738. The molecule has 192 valence electrons. The van der Waals surface area contributed by atoms with E-state index in [-0.39, 0.29) is 24.0 Å². The van der Waals surface area contributed by atoms with Crippen LogP contribution in [0.15, 0.2) is 78.6 Å². The fraction of sp³-hybridized carbons (Fsp3) is 0.300. The molecule has 1 N–H and O–H groups in total. The molecule has 7 heteroatoms. The third-order valence-corrected chi connectivity index (χ3v) is 6.45. The molecule has 1 amide bonds. The minimum Gasteiger partial charge on any atom is -0.507 e. The SMILES string of the molecule is CCN(CC)c1ccc(C2/C(=C(/O)c3ccc(OC(C)C)cc3)C(=O)C(=O)N2Cc2cccnc2)cc1. The van der Waals surface area contributed by atoms with E-state index in [2.05, 4.69) is 23.7 Å². The lowest BCUT2D eigenvalue weighted by atomic mass is 9.95. The summed E-state index contributed by atoms with van der Waals surface area (Å²) in [7, 11) is 0. The van der Waals surface area contributed by atoms with Crippen molar-refractivity contribution < 1.29 is 19.4 Å². The quantitative estimate of drug-likeness (QED) is 0.243. The molecule has 0 spiro atoms. The zero-order valence-electron chi connectivity index (χ0n) is 21.7. The Morgan fingerprint density at radius 3 is 2.27 bits per heavy atom. The Hall–Kier alpha value is -4.13. The molecule has 7 nitrogen and oxygen atoms in total. The summed E-state index contributed by atoms with van der Waals surface area (Å²) in [6.45, 7) is 9.98. The maximum atomic E-state index is 13.3. The number of likely N-dealkylation sites (tertiary alicyclic amines) is 1. The van der Waals surface area contributed by atoms with Crippen molar-refractivity contribution >= 4 is 23.1 Å². The van der Waals surface area contributed by atoms with Crippen molar-refractivity contribution in [2.75, 3.05) is 18.0 Å². The standard InChI is InChI=1S/C30H33N3O4/c1-5-32(6-2)24-13-9-22(10-14-24)27-26(28(34)23-11-15-25(16-12-23)37-20(3)4)29(35)30(36)33(27)19-21-8-7-17-31-18-21/h7-18,20,27,34H,5-6,19H2,1-4H3/b28-26-. The van der Waals surface area contributed by atoms with Gasteiger partial charge in [0, 0.05) is 43.3 Å². The number of anilines is 1. The average Bonchev–Trinajstić information content (AvgIpc) is 3.15. The van der Waals surface area contributed by atoms with Crippen molar-refractivity contribution in [2.45, 2.75) is 46.4 Å². The first kappa shape index (κ1) is 25.9. The van der Waals surface area contributed by atoms with E-state index in [1.165, 1.54) is 4.90 Å². The number of amides is 1. The van der Waals surface area contributed by atoms with Crippen LogP contribution < -0.4 is 9.64 Å². The van der Waals surface area contributed by atoms with E-state index in [0.29, 0.717) is 11.3 Å². The lowest BCUT2D eigenvalue weighted by Crippen LogP contribution is -2.29. The van der Waals surface area contributed by atoms with E-state index >= 15 is 0 Å². The number of hydrogen-bond donors (Lipinski definition) is 1. The number of hydrogen-bond acceptors (Lipinski definition) is 6. The molecular weight excluding hydrogens is 466 g/mol. The van der Waals surface area contributed by atoms with E-state index in [1.54, 1.807) is 42.7 Å². The molecule has 0 radical (unpaired) electrons. The van der Waals surface area contributed by atoms with Crippen LogP contribution >= 0.6 is 0 Å². The third kappa shape index (κ3) is 5.50. The van der Waals surface area contributed by atoms with Crippen LogP contribution in [-0.4, -0.2) is 45.9 Å². The number of ketones is 1. The minimum absolute atomic E-state index is 0.0107. The van der Waals surface area contributed by atoms with Gasteiger partial charge in [0.1, 0.15) is 11.5 Å². The van der Waals surface area contributed by atoms with E-state index in [9.17, 15) is 14.7 Å². The number of nitrogens with zero attached hydrogens (tertiary/aromatic N) is 3. The Kier molecular flexibility index (Phi) is 7.92. The molecule has 37 heavy (non-hydrogen) atoms. The number of aliphatic hydroxyl groups is 1. The predicted octanol–water partition coefficient (Wildman–Crippen LogP) is 5.34. The summed E-state index contributed by atoms with van der Waals surface area (Å²) in [5.74, 6) is -0.905. The maximum Gasteiger partial charge on any atom is 0.295 e. The predicted molar refractivity (Wildman–Crippen MR) is 144 cm³/mol. The van der Waals surface area contributed by atoms with Gasteiger partial charge >= 0.3 is 0 Å². The molecule has 1 aromatic heterocycles. The molecule has 3 aromatic rings. The van der Waals surface area contributed by atoms with Crippen molar-refractivity contribution in [3.8, 4) is 5.75 Å².